The van der Waals surface area contributed by atoms with Gasteiger partial charge in [0.05, 0.1) is 6.26 Å². The number of sulfonamides is 1. The minimum atomic E-state index is -3.19. The summed E-state index contributed by atoms with van der Waals surface area (Å²) in [4.78, 5) is 0. The number of hydrogen-bond acceptors (Lipinski definition) is 4. The van der Waals surface area contributed by atoms with E-state index in [0.29, 0.717) is 18.7 Å². The summed E-state index contributed by atoms with van der Waals surface area (Å²) in [6.45, 7) is 2.18. The van der Waals surface area contributed by atoms with Crippen molar-refractivity contribution in [2.45, 2.75) is 25.9 Å². The number of alkyl halides is 1. The topological polar surface area (TPSA) is 81.4 Å². The third-order valence-electron chi connectivity index (χ3n) is 2.90. The summed E-state index contributed by atoms with van der Waals surface area (Å²) in [5.41, 5.74) is 7.22. The molecular formula is C14H23FN2O3S. The summed E-state index contributed by atoms with van der Waals surface area (Å²) in [7, 11) is -3.19. The van der Waals surface area contributed by atoms with Crippen LogP contribution in [0.3, 0.4) is 0 Å². The van der Waals surface area contributed by atoms with E-state index in [0.717, 1.165) is 23.8 Å². The van der Waals surface area contributed by atoms with Crippen LogP contribution in [-0.4, -0.2) is 40.5 Å². The quantitative estimate of drug-likeness (QED) is 0.712. The lowest BCUT2D eigenvalue weighted by molar-refractivity contribution is 0.201. The minimum Gasteiger partial charge on any atom is -0.490 e. The zero-order chi connectivity index (χ0) is 15.9. The predicted octanol–water partition coefficient (Wildman–Crippen LogP) is 1.02. The first-order valence-corrected chi connectivity index (χ1v) is 8.77. The van der Waals surface area contributed by atoms with Crippen molar-refractivity contribution in [3.63, 3.8) is 0 Å². The number of aryl methyl sites for hydroxylation is 1. The Labute approximate surface area is 125 Å². The maximum Gasteiger partial charge on any atom is 0.208 e. The van der Waals surface area contributed by atoms with Crippen LogP contribution in [0.25, 0.3) is 0 Å². The van der Waals surface area contributed by atoms with E-state index < -0.39 is 16.2 Å². The van der Waals surface area contributed by atoms with Gasteiger partial charge in [0.2, 0.25) is 10.0 Å². The molecule has 7 heteroatoms. The maximum absolute atomic E-state index is 13.1. The van der Waals surface area contributed by atoms with Gasteiger partial charge in [0.25, 0.3) is 0 Å². The van der Waals surface area contributed by atoms with E-state index >= 15 is 0 Å². The van der Waals surface area contributed by atoms with Crippen molar-refractivity contribution < 1.29 is 17.5 Å². The van der Waals surface area contributed by atoms with Gasteiger partial charge in [-0.3, -0.25) is 0 Å². The van der Waals surface area contributed by atoms with Crippen molar-refractivity contribution in [1.29, 1.82) is 0 Å². The fourth-order valence-corrected chi connectivity index (χ4v) is 2.27. The van der Waals surface area contributed by atoms with Gasteiger partial charge in [-0.1, -0.05) is 13.0 Å². The number of halogens is 1. The average Bonchev–Trinajstić information content (AvgIpc) is 2.43. The smallest absolute Gasteiger partial charge is 0.208 e. The monoisotopic (exact) mass is 318 g/mol. The van der Waals surface area contributed by atoms with Crippen LogP contribution in [0.15, 0.2) is 18.2 Å². The van der Waals surface area contributed by atoms with Crippen molar-refractivity contribution in [1.82, 2.24) is 4.72 Å². The Morgan fingerprint density at radius 3 is 2.57 bits per heavy atom. The zero-order valence-electron chi connectivity index (χ0n) is 12.4. The van der Waals surface area contributed by atoms with E-state index in [1.165, 1.54) is 0 Å². The number of nitrogens with two attached hydrogens (primary N) is 1. The van der Waals surface area contributed by atoms with Crippen LogP contribution < -0.4 is 15.2 Å². The summed E-state index contributed by atoms with van der Waals surface area (Å²) in [6, 6.07) is 5.65. The van der Waals surface area contributed by atoms with Gasteiger partial charge in [0.1, 0.15) is 18.5 Å². The van der Waals surface area contributed by atoms with Gasteiger partial charge in [-0.25, -0.2) is 17.5 Å². The van der Waals surface area contributed by atoms with E-state index in [2.05, 4.69) is 4.72 Å². The molecule has 0 radical (unpaired) electrons. The Bertz CT molecular complexity index is 549. The molecule has 0 amide bonds. The molecule has 1 atom stereocenters. The van der Waals surface area contributed by atoms with Crippen LogP contribution in [0.1, 0.15) is 18.1 Å². The molecule has 5 nitrogen and oxygen atoms in total. The fraction of sp³-hybridized carbons (Fsp3) is 0.571. The lowest BCUT2D eigenvalue weighted by atomic mass is 10.1. The second-order valence-corrected chi connectivity index (χ2v) is 6.73. The van der Waals surface area contributed by atoms with Crippen molar-refractivity contribution in [2.75, 3.05) is 26.0 Å². The minimum absolute atomic E-state index is 0.0708. The van der Waals surface area contributed by atoms with E-state index in [4.69, 9.17) is 10.5 Å². The second-order valence-electron chi connectivity index (χ2n) is 4.90. The van der Waals surface area contributed by atoms with Crippen molar-refractivity contribution in [3.05, 3.63) is 29.3 Å². The molecule has 21 heavy (non-hydrogen) atoms. The molecule has 0 aliphatic rings. The number of benzene rings is 1. The van der Waals surface area contributed by atoms with Gasteiger partial charge in [-0.2, -0.15) is 0 Å². The Hall–Kier alpha value is -1.18. The molecule has 0 saturated carbocycles. The molecule has 0 spiro atoms. The molecule has 0 aromatic heterocycles. The SMILES string of the molecule is CCc1cc(CCNS(C)(=O)=O)cc(OC[C@H](F)CN)c1. The summed E-state index contributed by atoms with van der Waals surface area (Å²) < 4.78 is 43.0. The normalized spacial score (nSPS) is 13.1. The van der Waals surface area contributed by atoms with E-state index in [1.54, 1.807) is 6.07 Å². The number of hydrogen-bond donors (Lipinski definition) is 2. The van der Waals surface area contributed by atoms with Crippen molar-refractivity contribution in [2.24, 2.45) is 5.73 Å². The third kappa shape index (κ3) is 7.40. The Kier molecular flexibility index (Phi) is 7.07. The van der Waals surface area contributed by atoms with Crippen molar-refractivity contribution in [3.8, 4) is 5.75 Å². The largest absolute Gasteiger partial charge is 0.490 e. The molecule has 3 N–H and O–H groups in total. The average molecular weight is 318 g/mol. The molecular weight excluding hydrogens is 295 g/mol. The molecule has 0 heterocycles. The van der Waals surface area contributed by atoms with Gasteiger partial charge < -0.3 is 10.5 Å². The van der Waals surface area contributed by atoms with Crippen LogP contribution in [0.2, 0.25) is 0 Å². The number of ether oxygens (including phenoxy) is 1. The molecule has 120 valence electrons. The molecule has 0 fully saturated rings. The molecule has 0 aliphatic heterocycles. The van der Waals surface area contributed by atoms with Gasteiger partial charge in [-0.15, -0.1) is 0 Å². The van der Waals surface area contributed by atoms with E-state index in [9.17, 15) is 12.8 Å². The first-order valence-electron chi connectivity index (χ1n) is 6.88. The molecule has 0 bridgehead atoms. The van der Waals surface area contributed by atoms with Crippen LogP contribution in [-0.2, 0) is 22.9 Å². The van der Waals surface area contributed by atoms with E-state index in [1.807, 2.05) is 19.1 Å². The van der Waals surface area contributed by atoms with Crippen LogP contribution in [0, 0.1) is 0 Å². The zero-order valence-corrected chi connectivity index (χ0v) is 13.2. The Morgan fingerprint density at radius 2 is 2.00 bits per heavy atom. The Balaban J connectivity index is 2.70. The maximum atomic E-state index is 13.1. The molecule has 1 aromatic rings. The van der Waals surface area contributed by atoms with Crippen LogP contribution in [0.4, 0.5) is 4.39 Å². The third-order valence-corrected chi connectivity index (χ3v) is 3.63. The van der Waals surface area contributed by atoms with Crippen LogP contribution >= 0.6 is 0 Å². The first kappa shape index (κ1) is 17.9. The number of nitrogens with one attached hydrogen (secondary N) is 1. The second kappa shape index (κ2) is 8.31. The highest BCUT2D eigenvalue weighted by atomic mass is 32.2. The van der Waals surface area contributed by atoms with Gasteiger partial charge in [0.15, 0.2) is 0 Å². The lowest BCUT2D eigenvalue weighted by Gasteiger charge is -2.12. The molecule has 1 rings (SSSR count). The predicted molar refractivity (Wildman–Crippen MR) is 81.8 cm³/mol. The van der Waals surface area contributed by atoms with Gasteiger partial charge in [-0.05, 0) is 36.1 Å². The fourth-order valence-electron chi connectivity index (χ4n) is 1.80. The van der Waals surface area contributed by atoms with E-state index in [-0.39, 0.29) is 13.2 Å². The number of rotatable bonds is 9. The molecule has 0 unspecified atom stereocenters. The van der Waals surface area contributed by atoms with Crippen molar-refractivity contribution >= 4 is 10.0 Å². The summed E-state index contributed by atoms with van der Waals surface area (Å²) in [6.07, 6.45) is 1.30. The molecule has 0 saturated heterocycles. The summed E-state index contributed by atoms with van der Waals surface area (Å²) >= 11 is 0. The molecule has 1 aromatic carbocycles. The Morgan fingerprint density at radius 1 is 1.33 bits per heavy atom. The highest BCUT2D eigenvalue weighted by molar-refractivity contribution is 7.88. The lowest BCUT2D eigenvalue weighted by Crippen LogP contribution is -2.24. The van der Waals surface area contributed by atoms with Gasteiger partial charge >= 0.3 is 0 Å². The van der Waals surface area contributed by atoms with Crippen LogP contribution in [0.5, 0.6) is 5.75 Å². The molecule has 0 aliphatic carbocycles. The van der Waals surface area contributed by atoms with Gasteiger partial charge in [0, 0.05) is 13.1 Å². The highest BCUT2D eigenvalue weighted by Crippen LogP contribution is 2.19. The summed E-state index contributed by atoms with van der Waals surface area (Å²) in [5, 5.41) is 0. The standard InChI is InChI=1S/C14H23FN2O3S/c1-3-11-6-12(4-5-17-21(2,18)19)8-14(7-11)20-10-13(15)9-16/h6-8,13,17H,3-5,9-10,16H2,1-2H3/t13-/m1/s1. The highest BCUT2D eigenvalue weighted by Gasteiger charge is 2.07. The summed E-state index contributed by atoms with van der Waals surface area (Å²) in [5.74, 6) is 0.583. The first-order chi connectivity index (χ1) is 9.84.